The molecular weight excluding hydrogens is 442 g/mol. The zero-order valence-electron chi connectivity index (χ0n) is 20.3. The highest BCUT2D eigenvalue weighted by molar-refractivity contribution is 5.83. The molecular formula is C28H35N3O4. The molecule has 0 aliphatic carbocycles. The lowest BCUT2D eigenvalue weighted by Crippen LogP contribution is -2.44. The molecule has 1 fully saturated rings. The Bertz CT molecular complexity index is 1110. The maximum atomic E-state index is 12.1. The van der Waals surface area contributed by atoms with Crippen molar-refractivity contribution in [1.82, 2.24) is 14.9 Å². The third-order valence-corrected chi connectivity index (χ3v) is 7.22. The van der Waals surface area contributed by atoms with E-state index in [1.807, 2.05) is 36.5 Å². The molecule has 186 valence electrons. The number of likely N-dealkylation sites (tertiary alicyclic amines) is 1. The molecule has 1 aliphatic rings. The van der Waals surface area contributed by atoms with E-state index in [1.165, 1.54) is 5.56 Å². The summed E-state index contributed by atoms with van der Waals surface area (Å²) in [5.74, 6) is -0.346. The predicted molar refractivity (Wildman–Crippen MR) is 135 cm³/mol. The number of carbonyl (C=O) groups is 1. The number of carboxylic acid groups (broad SMARTS) is 1. The minimum absolute atomic E-state index is 0.0661. The van der Waals surface area contributed by atoms with Crippen molar-refractivity contribution in [3.8, 4) is 5.75 Å². The van der Waals surface area contributed by atoms with Gasteiger partial charge in [0.25, 0.3) is 0 Å². The number of methoxy groups -OCH3 is 1. The van der Waals surface area contributed by atoms with Gasteiger partial charge in [-0.1, -0.05) is 6.07 Å². The first-order valence-electron chi connectivity index (χ1n) is 12.5. The largest absolute Gasteiger partial charge is 0.497 e. The molecule has 0 radical (unpaired) electrons. The van der Waals surface area contributed by atoms with E-state index in [0.29, 0.717) is 19.4 Å². The number of hydrogen-bond donors (Lipinski definition) is 2. The molecule has 3 atom stereocenters. The van der Waals surface area contributed by atoms with Crippen LogP contribution in [0.1, 0.15) is 49.3 Å². The fourth-order valence-corrected chi connectivity index (χ4v) is 5.20. The summed E-state index contributed by atoms with van der Waals surface area (Å²) in [7, 11) is 1.62. The summed E-state index contributed by atoms with van der Waals surface area (Å²) < 4.78 is 5.34. The van der Waals surface area contributed by atoms with Gasteiger partial charge in [-0.05, 0) is 99.0 Å². The van der Waals surface area contributed by atoms with Crippen LogP contribution < -0.4 is 4.74 Å². The van der Waals surface area contributed by atoms with Crippen molar-refractivity contribution < 1.29 is 19.7 Å². The fourth-order valence-electron chi connectivity index (χ4n) is 5.20. The lowest BCUT2D eigenvalue weighted by molar-refractivity contribution is -0.146. The number of unbranched alkanes of at least 4 members (excludes halogenated alkanes) is 1. The number of aliphatic hydroxyl groups excluding tert-OH is 1. The van der Waals surface area contributed by atoms with Crippen molar-refractivity contribution >= 4 is 16.9 Å². The second-order valence-corrected chi connectivity index (χ2v) is 9.49. The molecule has 3 aromatic rings. The van der Waals surface area contributed by atoms with Gasteiger partial charge in [0, 0.05) is 30.5 Å². The first-order chi connectivity index (χ1) is 17.0. The Hall–Kier alpha value is -3.03. The number of aliphatic carboxylic acids is 1. The minimum atomic E-state index is -0.733. The van der Waals surface area contributed by atoms with Crippen LogP contribution in [0.2, 0.25) is 0 Å². The molecule has 0 saturated carbocycles. The van der Waals surface area contributed by atoms with E-state index in [9.17, 15) is 15.0 Å². The van der Waals surface area contributed by atoms with Gasteiger partial charge < -0.3 is 19.8 Å². The van der Waals surface area contributed by atoms with Crippen LogP contribution in [0.5, 0.6) is 5.75 Å². The first kappa shape index (κ1) is 25.1. The number of hydrogen-bond acceptors (Lipinski definition) is 6. The van der Waals surface area contributed by atoms with Crippen LogP contribution in [0.4, 0.5) is 0 Å². The monoisotopic (exact) mass is 477 g/mol. The van der Waals surface area contributed by atoms with E-state index < -0.39 is 18.0 Å². The number of nitrogens with zero attached hydrogens (tertiary/aromatic N) is 3. The zero-order valence-corrected chi connectivity index (χ0v) is 20.3. The molecule has 7 heteroatoms. The van der Waals surface area contributed by atoms with Crippen molar-refractivity contribution in [3.63, 3.8) is 0 Å². The van der Waals surface area contributed by atoms with Crippen LogP contribution in [0.15, 0.2) is 55.0 Å². The molecule has 2 N–H and O–H groups in total. The Morgan fingerprint density at radius 2 is 2.11 bits per heavy atom. The summed E-state index contributed by atoms with van der Waals surface area (Å²) in [6.45, 7) is 2.41. The number of aromatic nitrogens is 2. The second kappa shape index (κ2) is 12.1. The molecule has 0 bridgehead atoms. The van der Waals surface area contributed by atoms with E-state index in [0.717, 1.165) is 61.0 Å². The van der Waals surface area contributed by atoms with Gasteiger partial charge in [-0.3, -0.25) is 14.8 Å². The highest BCUT2D eigenvalue weighted by atomic mass is 16.5. The number of pyridine rings is 2. The second-order valence-electron chi connectivity index (χ2n) is 9.49. The maximum absolute atomic E-state index is 12.1. The molecule has 4 rings (SSSR count). The Balaban J connectivity index is 1.30. The van der Waals surface area contributed by atoms with Crippen LogP contribution >= 0.6 is 0 Å². The van der Waals surface area contributed by atoms with Gasteiger partial charge in [-0.25, -0.2) is 0 Å². The van der Waals surface area contributed by atoms with E-state index in [2.05, 4.69) is 20.9 Å². The number of ether oxygens (including phenoxy) is 1. The Kier molecular flexibility index (Phi) is 8.66. The van der Waals surface area contributed by atoms with Gasteiger partial charge in [0.2, 0.25) is 0 Å². The summed E-state index contributed by atoms with van der Waals surface area (Å²) >= 11 is 0. The molecule has 2 aromatic heterocycles. The van der Waals surface area contributed by atoms with Crippen LogP contribution in [0.3, 0.4) is 0 Å². The molecule has 0 spiro atoms. The molecule has 1 aliphatic heterocycles. The maximum Gasteiger partial charge on any atom is 0.308 e. The quantitative estimate of drug-likeness (QED) is 0.393. The lowest BCUT2D eigenvalue weighted by Gasteiger charge is -2.37. The van der Waals surface area contributed by atoms with E-state index in [4.69, 9.17) is 4.74 Å². The number of piperidine rings is 1. The average Bonchev–Trinajstić information content (AvgIpc) is 2.89. The normalized spacial score (nSPS) is 19.5. The van der Waals surface area contributed by atoms with Crippen molar-refractivity contribution in [2.24, 2.45) is 11.8 Å². The van der Waals surface area contributed by atoms with Crippen molar-refractivity contribution in [3.05, 3.63) is 66.1 Å². The lowest BCUT2D eigenvalue weighted by atomic mass is 9.81. The van der Waals surface area contributed by atoms with Crippen LogP contribution in [0, 0.1) is 11.8 Å². The fraction of sp³-hybridized carbons (Fsp3) is 0.464. The third kappa shape index (κ3) is 6.55. The standard InChI is InChI=1S/C28H35N3O4/c1-35-22-8-9-26-24(17-22)23(11-14-30-26)27(32)10-7-21-12-16-31(19-25(21)28(33)34)15-3-2-5-20-6-4-13-29-18-20/h4,6,8-9,11,13-14,17-18,21,25,27,32H,2-3,5,7,10,12,15-16,19H2,1H3,(H,33,34)/t21-,25+,27+/m1/s1. The minimum Gasteiger partial charge on any atom is -0.497 e. The summed E-state index contributed by atoms with van der Waals surface area (Å²) in [6, 6.07) is 11.5. The van der Waals surface area contributed by atoms with Crippen LogP contribution in [-0.2, 0) is 11.2 Å². The van der Waals surface area contributed by atoms with E-state index in [-0.39, 0.29) is 5.92 Å². The highest BCUT2D eigenvalue weighted by Crippen LogP contribution is 2.33. The molecule has 0 unspecified atom stereocenters. The average molecular weight is 478 g/mol. The zero-order chi connectivity index (χ0) is 24.6. The van der Waals surface area contributed by atoms with Crippen molar-refractivity contribution in [2.45, 2.75) is 44.6 Å². The summed E-state index contributed by atoms with van der Waals surface area (Å²) in [4.78, 5) is 22.9. The van der Waals surface area contributed by atoms with Gasteiger partial charge >= 0.3 is 5.97 Å². The SMILES string of the molecule is COc1ccc2nccc([C@@H](O)CC[C@@H]3CCN(CCCCc4cccnc4)C[C@@H]3C(=O)O)c2c1. The van der Waals surface area contributed by atoms with Crippen LogP contribution in [0.25, 0.3) is 10.9 Å². The van der Waals surface area contributed by atoms with Crippen molar-refractivity contribution in [1.29, 1.82) is 0 Å². The number of carboxylic acids is 1. The molecule has 1 saturated heterocycles. The molecule has 3 heterocycles. The molecule has 7 nitrogen and oxygen atoms in total. The van der Waals surface area contributed by atoms with Gasteiger partial charge in [0.1, 0.15) is 5.75 Å². The van der Waals surface area contributed by atoms with Gasteiger partial charge in [0.15, 0.2) is 0 Å². The number of benzene rings is 1. The van der Waals surface area contributed by atoms with Crippen molar-refractivity contribution in [2.75, 3.05) is 26.7 Å². The number of aryl methyl sites for hydroxylation is 1. The Morgan fingerprint density at radius 3 is 2.89 bits per heavy atom. The smallest absolute Gasteiger partial charge is 0.308 e. The summed E-state index contributed by atoms with van der Waals surface area (Å²) in [6.07, 6.45) is 9.89. The number of rotatable bonds is 11. The molecule has 1 aromatic carbocycles. The van der Waals surface area contributed by atoms with Gasteiger partial charge in [-0.15, -0.1) is 0 Å². The summed E-state index contributed by atoms with van der Waals surface area (Å²) in [5.41, 5.74) is 2.86. The van der Waals surface area contributed by atoms with Gasteiger partial charge in [-0.2, -0.15) is 0 Å². The summed E-state index contributed by atoms with van der Waals surface area (Å²) in [5, 5.41) is 21.8. The molecule has 0 amide bonds. The number of fused-ring (bicyclic) bond motifs is 1. The van der Waals surface area contributed by atoms with Gasteiger partial charge in [0.05, 0.1) is 24.6 Å². The topological polar surface area (TPSA) is 95.8 Å². The Morgan fingerprint density at radius 1 is 1.23 bits per heavy atom. The van der Waals surface area contributed by atoms with E-state index in [1.54, 1.807) is 19.5 Å². The number of aliphatic hydroxyl groups is 1. The first-order valence-corrected chi connectivity index (χ1v) is 12.5. The van der Waals surface area contributed by atoms with Crippen LogP contribution in [-0.4, -0.2) is 57.8 Å². The highest BCUT2D eigenvalue weighted by Gasteiger charge is 2.34. The predicted octanol–water partition coefficient (Wildman–Crippen LogP) is 4.50. The Labute approximate surface area is 206 Å². The molecule has 35 heavy (non-hydrogen) atoms. The third-order valence-electron chi connectivity index (χ3n) is 7.22. The van der Waals surface area contributed by atoms with E-state index >= 15 is 0 Å².